The number of ether oxygens (including phenoxy) is 4. The normalized spacial score (nSPS) is 16.9. The first-order chi connectivity index (χ1) is 21.4. The number of hydrogen-bond acceptors (Lipinski definition) is 8. The number of benzene rings is 4. The molecule has 2 amide bonds. The van der Waals surface area contributed by atoms with Crippen LogP contribution in [-0.2, 0) is 19.1 Å². The molecule has 2 aliphatic rings. The molecule has 0 radical (unpaired) electrons. The molecule has 0 spiro atoms. The lowest BCUT2D eigenvalue weighted by molar-refractivity contribution is -0.138. The van der Waals surface area contributed by atoms with Crippen molar-refractivity contribution < 1.29 is 38.1 Å². The molecule has 10 heteroatoms. The number of carbonyl (C=O) groups excluding carboxylic acids is 4. The van der Waals surface area contributed by atoms with Crippen molar-refractivity contribution >= 4 is 35.5 Å². The maximum atomic E-state index is 11.9. The Bertz CT molecular complexity index is 1490. The summed E-state index contributed by atoms with van der Waals surface area (Å²) in [4.78, 5) is 46.1. The highest BCUT2D eigenvalue weighted by molar-refractivity contribution is 5.87. The lowest BCUT2D eigenvalue weighted by atomic mass is 9.98. The van der Waals surface area contributed by atoms with Crippen LogP contribution in [0.25, 0.3) is 0 Å². The number of rotatable bonds is 6. The van der Waals surface area contributed by atoms with Gasteiger partial charge in [-0.05, 0) is 59.7 Å². The van der Waals surface area contributed by atoms with Gasteiger partial charge in [-0.3, -0.25) is 20.2 Å². The highest BCUT2D eigenvalue weighted by Crippen LogP contribution is 2.29. The Kier molecular flexibility index (Phi) is 9.83. The summed E-state index contributed by atoms with van der Waals surface area (Å²) >= 11 is 0. The van der Waals surface area contributed by atoms with Crippen molar-refractivity contribution in [2.75, 3.05) is 23.8 Å². The van der Waals surface area contributed by atoms with E-state index in [0.29, 0.717) is 48.9 Å². The van der Waals surface area contributed by atoms with Crippen molar-refractivity contribution in [1.29, 1.82) is 0 Å². The van der Waals surface area contributed by atoms with E-state index in [1.165, 1.54) is 0 Å². The molecule has 2 saturated heterocycles. The summed E-state index contributed by atoms with van der Waals surface area (Å²) in [6.07, 6.45) is -0.386. The van der Waals surface area contributed by atoms with Crippen LogP contribution in [0, 0.1) is 0 Å². The van der Waals surface area contributed by atoms with E-state index in [1.807, 2.05) is 48.5 Å². The first kappa shape index (κ1) is 29.8. The Hall–Kier alpha value is -5.64. The molecule has 0 saturated carbocycles. The quantitative estimate of drug-likeness (QED) is 0.237. The monoisotopic (exact) mass is 594 g/mol. The standard InChI is InChI=1S/2C17H15NO4/c2*19-16-10-13(11-21-16)12-5-4-8-15(9-12)22-17(20)18-14-6-2-1-3-7-14/h2*1-9,13H,10-11H2,(H,18,20)/t2*13-/m10/s1. The van der Waals surface area contributed by atoms with E-state index in [1.54, 1.807) is 60.7 Å². The van der Waals surface area contributed by atoms with E-state index in [2.05, 4.69) is 10.6 Å². The largest absolute Gasteiger partial charge is 0.465 e. The fourth-order valence-corrected chi connectivity index (χ4v) is 4.66. The zero-order valence-electron chi connectivity index (χ0n) is 23.6. The number of amides is 2. The van der Waals surface area contributed by atoms with Crippen LogP contribution in [0.5, 0.6) is 11.5 Å². The van der Waals surface area contributed by atoms with Gasteiger partial charge < -0.3 is 18.9 Å². The number of anilines is 2. The first-order valence-electron chi connectivity index (χ1n) is 14.0. The van der Waals surface area contributed by atoms with Gasteiger partial charge in [-0.2, -0.15) is 0 Å². The zero-order valence-corrected chi connectivity index (χ0v) is 23.6. The highest BCUT2D eigenvalue weighted by atomic mass is 16.6. The Morgan fingerprint density at radius 3 is 1.34 bits per heavy atom. The number of esters is 2. The second-order valence-corrected chi connectivity index (χ2v) is 10.1. The number of hydrogen-bond donors (Lipinski definition) is 2. The van der Waals surface area contributed by atoms with Gasteiger partial charge >= 0.3 is 24.1 Å². The third kappa shape index (κ3) is 8.68. The molecule has 2 heterocycles. The van der Waals surface area contributed by atoms with Crippen molar-refractivity contribution in [3.63, 3.8) is 0 Å². The summed E-state index contributed by atoms with van der Waals surface area (Å²) < 4.78 is 20.5. The van der Waals surface area contributed by atoms with Crippen LogP contribution in [0.3, 0.4) is 0 Å². The van der Waals surface area contributed by atoms with Crippen LogP contribution in [0.15, 0.2) is 109 Å². The average molecular weight is 595 g/mol. The molecule has 2 N–H and O–H groups in total. The number of cyclic esters (lactones) is 2. The fraction of sp³-hybridized carbons (Fsp3) is 0.176. The highest BCUT2D eigenvalue weighted by Gasteiger charge is 2.26. The maximum absolute atomic E-state index is 11.9. The summed E-state index contributed by atoms with van der Waals surface area (Å²) in [5.41, 5.74) is 3.18. The molecule has 0 aliphatic carbocycles. The van der Waals surface area contributed by atoms with Crippen LogP contribution in [0.2, 0.25) is 0 Å². The van der Waals surface area contributed by atoms with Crippen LogP contribution in [-0.4, -0.2) is 37.3 Å². The van der Waals surface area contributed by atoms with Gasteiger partial charge in [0.15, 0.2) is 0 Å². The van der Waals surface area contributed by atoms with E-state index < -0.39 is 12.2 Å². The maximum Gasteiger partial charge on any atom is 0.417 e. The van der Waals surface area contributed by atoms with E-state index in [9.17, 15) is 19.2 Å². The minimum absolute atomic E-state index is 0.0215. The molecule has 2 fully saturated rings. The Morgan fingerprint density at radius 2 is 0.977 bits per heavy atom. The van der Waals surface area contributed by atoms with Crippen molar-refractivity contribution in [2.45, 2.75) is 24.7 Å². The van der Waals surface area contributed by atoms with Gasteiger partial charge in [0, 0.05) is 23.2 Å². The molecule has 4 aromatic carbocycles. The van der Waals surface area contributed by atoms with Gasteiger partial charge in [-0.15, -0.1) is 0 Å². The molecule has 4 aromatic rings. The summed E-state index contributed by atoms with van der Waals surface area (Å²) in [7, 11) is 0. The lowest BCUT2D eigenvalue weighted by Gasteiger charge is -2.10. The predicted molar refractivity (Wildman–Crippen MR) is 162 cm³/mol. The molecule has 224 valence electrons. The molecule has 2 aliphatic heterocycles. The van der Waals surface area contributed by atoms with E-state index in [0.717, 1.165) is 11.1 Å². The van der Waals surface area contributed by atoms with Crippen molar-refractivity contribution in [3.05, 3.63) is 120 Å². The first-order valence-corrected chi connectivity index (χ1v) is 14.0. The van der Waals surface area contributed by atoms with Crippen LogP contribution in [0.1, 0.15) is 35.8 Å². The smallest absolute Gasteiger partial charge is 0.417 e. The van der Waals surface area contributed by atoms with Crippen molar-refractivity contribution in [2.24, 2.45) is 0 Å². The predicted octanol–water partition coefficient (Wildman–Crippen LogP) is 6.66. The fourth-order valence-electron chi connectivity index (χ4n) is 4.66. The minimum Gasteiger partial charge on any atom is -0.465 e. The van der Waals surface area contributed by atoms with Crippen LogP contribution in [0.4, 0.5) is 21.0 Å². The summed E-state index contributed by atoms with van der Waals surface area (Å²) in [5.74, 6) is 0.522. The summed E-state index contributed by atoms with van der Waals surface area (Å²) in [5, 5.41) is 5.29. The van der Waals surface area contributed by atoms with Gasteiger partial charge in [0.25, 0.3) is 0 Å². The lowest BCUT2D eigenvalue weighted by Crippen LogP contribution is -2.16. The van der Waals surface area contributed by atoms with E-state index >= 15 is 0 Å². The number of nitrogens with one attached hydrogen (secondary N) is 2. The van der Waals surface area contributed by atoms with Crippen molar-refractivity contribution in [3.8, 4) is 11.5 Å². The molecule has 0 unspecified atom stereocenters. The summed E-state index contributed by atoms with van der Waals surface area (Å²) in [6.45, 7) is 0.747. The van der Waals surface area contributed by atoms with E-state index in [-0.39, 0.29) is 23.8 Å². The molecular weight excluding hydrogens is 564 g/mol. The molecule has 10 nitrogen and oxygen atoms in total. The van der Waals surface area contributed by atoms with Gasteiger partial charge in [-0.25, -0.2) is 9.59 Å². The number of para-hydroxylation sites is 2. The zero-order chi connectivity index (χ0) is 30.7. The third-order valence-electron chi connectivity index (χ3n) is 6.84. The van der Waals surface area contributed by atoms with Gasteiger partial charge in [-0.1, -0.05) is 60.7 Å². The molecule has 6 rings (SSSR count). The van der Waals surface area contributed by atoms with Gasteiger partial charge in [0.05, 0.1) is 26.1 Å². The minimum atomic E-state index is -0.554. The van der Waals surface area contributed by atoms with Crippen LogP contribution >= 0.6 is 0 Å². The molecule has 0 bridgehead atoms. The molecule has 0 aromatic heterocycles. The van der Waals surface area contributed by atoms with Gasteiger partial charge in [0.2, 0.25) is 0 Å². The van der Waals surface area contributed by atoms with Gasteiger partial charge in [0.1, 0.15) is 11.5 Å². The second kappa shape index (κ2) is 14.5. The SMILES string of the molecule is O=C1C[C@@H](c2cccc(OC(=O)Nc3ccccc3)c2)CO1.O=C1C[C@H](c2cccc(OC(=O)Nc3ccccc3)c2)CO1. The molecule has 2 atom stereocenters. The molecule has 44 heavy (non-hydrogen) atoms. The summed E-state index contributed by atoms with van der Waals surface area (Å²) in [6, 6.07) is 32.5. The van der Waals surface area contributed by atoms with Crippen LogP contribution < -0.4 is 20.1 Å². The Morgan fingerprint density at radius 1 is 0.568 bits per heavy atom. The Balaban J connectivity index is 0.000000175. The Labute approximate surface area is 253 Å². The topological polar surface area (TPSA) is 129 Å². The third-order valence-corrected chi connectivity index (χ3v) is 6.84. The molecular formula is C34H30N2O8. The van der Waals surface area contributed by atoms with Crippen molar-refractivity contribution in [1.82, 2.24) is 0 Å². The van der Waals surface area contributed by atoms with E-state index in [4.69, 9.17) is 18.9 Å². The number of carbonyl (C=O) groups is 4. The second-order valence-electron chi connectivity index (χ2n) is 10.1. The average Bonchev–Trinajstić information content (AvgIpc) is 3.67.